The van der Waals surface area contributed by atoms with E-state index in [2.05, 4.69) is 4.98 Å². The van der Waals surface area contributed by atoms with E-state index in [1.807, 2.05) is 10.8 Å². The quantitative estimate of drug-likeness (QED) is 0.607. The van der Waals surface area contributed by atoms with Gasteiger partial charge >= 0.3 is 0 Å². The molecule has 4 nitrogen and oxygen atoms in total. The zero-order valence-electron chi connectivity index (χ0n) is 6.18. The lowest BCUT2D eigenvalue weighted by atomic mass is 10.2. The summed E-state index contributed by atoms with van der Waals surface area (Å²) in [6.07, 6.45) is 5.45. The molecule has 0 aliphatic carbocycles. The Morgan fingerprint density at radius 2 is 2.45 bits per heavy atom. The molecule has 11 heavy (non-hydrogen) atoms. The zero-order valence-corrected chi connectivity index (χ0v) is 6.18. The van der Waals surface area contributed by atoms with Gasteiger partial charge in [-0.1, -0.05) is 0 Å². The van der Waals surface area contributed by atoms with Crippen molar-refractivity contribution in [2.75, 3.05) is 13.2 Å². The Hall–Kier alpha value is -0.870. The second kappa shape index (κ2) is 2.64. The van der Waals surface area contributed by atoms with Crippen molar-refractivity contribution >= 4 is 0 Å². The molecule has 1 saturated heterocycles. The molecule has 1 fully saturated rings. The topological polar surface area (TPSA) is 53.1 Å². The van der Waals surface area contributed by atoms with Crippen molar-refractivity contribution in [3.63, 3.8) is 0 Å². The Labute approximate surface area is 65.0 Å². The van der Waals surface area contributed by atoms with E-state index in [4.69, 9.17) is 10.5 Å². The van der Waals surface area contributed by atoms with Crippen molar-refractivity contribution < 1.29 is 4.74 Å². The van der Waals surface area contributed by atoms with E-state index in [9.17, 15) is 0 Å². The third-order valence-corrected chi connectivity index (χ3v) is 2.00. The maximum atomic E-state index is 5.80. The van der Waals surface area contributed by atoms with Crippen molar-refractivity contribution in [1.82, 2.24) is 9.55 Å². The van der Waals surface area contributed by atoms with Gasteiger partial charge < -0.3 is 15.0 Å². The molecule has 2 rings (SSSR count). The number of hydrogen-bond acceptors (Lipinski definition) is 3. The Morgan fingerprint density at radius 3 is 3.00 bits per heavy atom. The van der Waals surface area contributed by atoms with Crippen LogP contribution in [0.1, 0.15) is 6.04 Å². The Bertz CT molecular complexity index is 222. The molecule has 0 spiro atoms. The first-order chi connectivity index (χ1) is 5.38. The van der Waals surface area contributed by atoms with Crippen LogP contribution in [-0.4, -0.2) is 28.8 Å². The lowest BCUT2D eigenvalue weighted by Gasteiger charge is -2.13. The fourth-order valence-electron chi connectivity index (χ4n) is 1.33. The summed E-state index contributed by atoms with van der Waals surface area (Å²) in [6, 6.07) is 0.390. The molecule has 0 unspecified atom stereocenters. The Kier molecular flexibility index (Phi) is 1.63. The molecule has 2 heterocycles. The minimum absolute atomic E-state index is 0.115. The number of imidazole rings is 1. The van der Waals surface area contributed by atoms with Crippen LogP contribution in [0.25, 0.3) is 0 Å². The summed E-state index contributed by atoms with van der Waals surface area (Å²) in [5, 5.41) is 0. The summed E-state index contributed by atoms with van der Waals surface area (Å²) in [5.41, 5.74) is 5.80. The largest absolute Gasteiger partial charge is 0.378 e. The van der Waals surface area contributed by atoms with Gasteiger partial charge in [0, 0.05) is 12.4 Å². The van der Waals surface area contributed by atoms with E-state index < -0.39 is 0 Å². The van der Waals surface area contributed by atoms with Crippen LogP contribution in [0.4, 0.5) is 0 Å². The first kappa shape index (κ1) is 6.82. The third kappa shape index (κ3) is 1.15. The highest BCUT2D eigenvalue weighted by Gasteiger charge is 2.25. The molecule has 0 aromatic carbocycles. The molecule has 1 aromatic heterocycles. The van der Waals surface area contributed by atoms with Crippen molar-refractivity contribution in [3.05, 3.63) is 18.7 Å². The van der Waals surface area contributed by atoms with Gasteiger partial charge in [0.2, 0.25) is 0 Å². The first-order valence-corrected chi connectivity index (χ1v) is 3.68. The van der Waals surface area contributed by atoms with Crippen molar-refractivity contribution in [2.45, 2.75) is 12.1 Å². The van der Waals surface area contributed by atoms with Gasteiger partial charge in [-0.15, -0.1) is 0 Å². The molecule has 1 aliphatic rings. The van der Waals surface area contributed by atoms with Gasteiger partial charge in [-0.25, -0.2) is 4.98 Å². The molecule has 0 saturated carbocycles. The van der Waals surface area contributed by atoms with Gasteiger partial charge in [-0.3, -0.25) is 0 Å². The SMILES string of the molecule is N[C@H]1COC[C@H]1n1ccnc1. The van der Waals surface area contributed by atoms with Crippen molar-refractivity contribution in [3.8, 4) is 0 Å². The Morgan fingerprint density at radius 1 is 1.55 bits per heavy atom. The molecule has 0 bridgehead atoms. The van der Waals surface area contributed by atoms with E-state index in [0.29, 0.717) is 13.2 Å². The number of hydrogen-bond donors (Lipinski definition) is 1. The summed E-state index contributed by atoms with van der Waals surface area (Å²) < 4.78 is 7.22. The highest BCUT2D eigenvalue weighted by molar-refractivity contribution is 4.88. The number of nitrogens with zero attached hydrogens (tertiary/aromatic N) is 2. The lowest BCUT2D eigenvalue weighted by molar-refractivity contribution is 0.185. The molecule has 2 N–H and O–H groups in total. The van der Waals surface area contributed by atoms with E-state index >= 15 is 0 Å². The lowest BCUT2D eigenvalue weighted by Crippen LogP contribution is -2.30. The fraction of sp³-hybridized carbons (Fsp3) is 0.571. The molecule has 1 aliphatic heterocycles. The summed E-state index contributed by atoms with van der Waals surface area (Å²) >= 11 is 0. The highest BCUT2D eigenvalue weighted by atomic mass is 16.5. The van der Waals surface area contributed by atoms with Gasteiger partial charge in [-0.2, -0.15) is 0 Å². The third-order valence-electron chi connectivity index (χ3n) is 2.00. The minimum Gasteiger partial charge on any atom is -0.378 e. The number of nitrogens with two attached hydrogens (primary N) is 1. The normalized spacial score (nSPS) is 31.0. The monoisotopic (exact) mass is 153 g/mol. The molecular weight excluding hydrogens is 142 g/mol. The summed E-state index contributed by atoms with van der Waals surface area (Å²) in [7, 11) is 0. The number of ether oxygens (including phenoxy) is 1. The Balaban J connectivity index is 2.16. The van der Waals surface area contributed by atoms with Crippen LogP contribution in [0.2, 0.25) is 0 Å². The van der Waals surface area contributed by atoms with Crippen molar-refractivity contribution in [1.29, 1.82) is 0 Å². The predicted molar refractivity (Wildman–Crippen MR) is 40.1 cm³/mol. The maximum absolute atomic E-state index is 5.80. The zero-order chi connectivity index (χ0) is 7.68. The van der Waals surface area contributed by atoms with Gasteiger partial charge in [0.1, 0.15) is 0 Å². The van der Waals surface area contributed by atoms with Gasteiger partial charge in [-0.05, 0) is 0 Å². The highest BCUT2D eigenvalue weighted by Crippen LogP contribution is 2.16. The second-order valence-electron chi connectivity index (χ2n) is 2.78. The van der Waals surface area contributed by atoms with Crippen LogP contribution in [0, 0.1) is 0 Å². The molecular formula is C7H11N3O. The van der Waals surface area contributed by atoms with Crippen molar-refractivity contribution in [2.24, 2.45) is 5.73 Å². The standard InChI is InChI=1S/C7H11N3O/c8-6-3-11-4-7(6)10-2-1-9-5-10/h1-2,5-7H,3-4,8H2/t6-,7+/m0/s1. The smallest absolute Gasteiger partial charge is 0.0949 e. The average Bonchev–Trinajstić information content (AvgIpc) is 2.55. The average molecular weight is 153 g/mol. The molecule has 0 amide bonds. The van der Waals surface area contributed by atoms with Gasteiger partial charge in [0.05, 0.1) is 31.6 Å². The van der Waals surface area contributed by atoms with E-state index in [1.54, 1.807) is 12.5 Å². The van der Waals surface area contributed by atoms with Crippen LogP contribution >= 0.6 is 0 Å². The molecule has 60 valence electrons. The number of rotatable bonds is 1. The van der Waals surface area contributed by atoms with E-state index in [-0.39, 0.29) is 12.1 Å². The maximum Gasteiger partial charge on any atom is 0.0949 e. The van der Waals surface area contributed by atoms with Crippen LogP contribution in [-0.2, 0) is 4.74 Å². The fourth-order valence-corrected chi connectivity index (χ4v) is 1.33. The van der Waals surface area contributed by atoms with Crippen LogP contribution in [0.3, 0.4) is 0 Å². The molecule has 0 radical (unpaired) electrons. The van der Waals surface area contributed by atoms with Gasteiger partial charge in [0.25, 0.3) is 0 Å². The van der Waals surface area contributed by atoms with Crippen LogP contribution in [0.15, 0.2) is 18.7 Å². The first-order valence-electron chi connectivity index (χ1n) is 3.68. The van der Waals surface area contributed by atoms with Crippen LogP contribution in [0.5, 0.6) is 0 Å². The minimum atomic E-state index is 0.115. The molecule has 4 heteroatoms. The summed E-state index contributed by atoms with van der Waals surface area (Å²) in [4.78, 5) is 3.95. The summed E-state index contributed by atoms with van der Waals surface area (Å²) in [5.74, 6) is 0. The second-order valence-corrected chi connectivity index (χ2v) is 2.78. The molecule has 2 atom stereocenters. The van der Waals surface area contributed by atoms with Gasteiger partial charge in [0.15, 0.2) is 0 Å². The van der Waals surface area contributed by atoms with Crippen LogP contribution < -0.4 is 5.73 Å². The summed E-state index contributed by atoms with van der Waals surface area (Å²) in [6.45, 7) is 1.36. The van der Waals surface area contributed by atoms with E-state index in [0.717, 1.165) is 0 Å². The predicted octanol–water partition coefficient (Wildman–Crippen LogP) is -0.218. The van der Waals surface area contributed by atoms with E-state index in [1.165, 1.54) is 0 Å². The number of aromatic nitrogens is 2. The molecule has 1 aromatic rings.